The molecule has 1 N–H and O–H groups in total. The van der Waals surface area contributed by atoms with Crippen LogP contribution in [0.2, 0.25) is 10.0 Å². The van der Waals surface area contributed by atoms with E-state index in [0.29, 0.717) is 31.6 Å². The lowest BCUT2D eigenvalue weighted by Crippen LogP contribution is -2.44. The Labute approximate surface area is 217 Å². The molecule has 0 saturated carbocycles. The Morgan fingerprint density at radius 2 is 1.75 bits per heavy atom. The first kappa shape index (κ1) is 27.4. The van der Waals surface area contributed by atoms with Crippen molar-refractivity contribution >= 4 is 50.5 Å². The summed E-state index contributed by atoms with van der Waals surface area (Å²) in [7, 11) is -3.64. The first-order valence-corrected chi connectivity index (χ1v) is 13.5. The Hall–Kier alpha value is -3.15. The predicted octanol–water partition coefficient (Wildman–Crippen LogP) is 2.90. The maximum absolute atomic E-state index is 13.3. The Morgan fingerprint density at radius 1 is 1.08 bits per heavy atom. The highest BCUT2D eigenvalue weighted by molar-refractivity contribution is 7.91. The van der Waals surface area contributed by atoms with Crippen molar-refractivity contribution in [3.8, 4) is 5.75 Å². The molecule has 0 spiro atoms. The van der Waals surface area contributed by atoms with E-state index in [2.05, 4.69) is 10.3 Å². The topological polar surface area (TPSA) is 129 Å². The highest BCUT2D eigenvalue weighted by Gasteiger charge is 2.19. The summed E-state index contributed by atoms with van der Waals surface area (Å²) in [5.74, 6) is -1.26. The molecule has 1 aromatic heterocycles. The summed E-state index contributed by atoms with van der Waals surface area (Å²) < 4.78 is 30.3. The minimum Gasteiger partial charge on any atom is -0.489 e. The van der Waals surface area contributed by atoms with Crippen molar-refractivity contribution in [1.82, 2.24) is 14.1 Å². The van der Waals surface area contributed by atoms with Gasteiger partial charge in [-0.2, -0.15) is 4.98 Å². The molecular weight excluding hydrogens is 531 g/mol. The summed E-state index contributed by atoms with van der Waals surface area (Å²) in [6.45, 7) is 2.97. The van der Waals surface area contributed by atoms with Gasteiger partial charge in [-0.05, 0) is 49.7 Å². The van der Waals surface area contributed by atoms with Crippen molar-refractivity contribution in [3.63, 3.8) is 0 Å². The monoisotopic (exact) mass is 554 g/mol. The number of halogens is 2. The quantitative estimate of drug-likeness (QED) is 0.405. The van der Waals surface area contributed by atoms with Gasteiger partial charge in [0.2, 0.25) is 5.95 Å². The van der Waals surface area contributed by atoms with Crippen molar-refractivity contribution in [2.75, 3.05) is 17.3 Å². The van der Waals surface area contributed by atoms with Crippen LogP contribution in [0.5, 0.6) is 5.75 Å². The SMILES string of the molecule is CC(C)Oc1ccc(Nc2nc(=O)n(CC(=O)CS(C)(=O)=O)c(=O)n2Cc2ccc(Cl)cc2)cc1Cl. The van der Waals surface area contributed by atoms with Crippen molar-refractivity contribution in [2.45, 2.75) is 33.0 Å². The number of aromatic nitrogens is 3. The number of hydrogen-bond donors (Lipinski definition) is 1. The molecule has 10 nitrogen and oxygen atoms in total. The van der Waals surface area contributed by atoms with Crippen LogP contribution >= 0.6 is 23.2 Å². The van der Waals surface area contributed by atoms with E-state index in [0.717, 1.165) is 10.8 Å². The van der Waals surface area contributed by atoms with Crippen LogP contribution in [0.15, 0.2) is 52.1 Å². The fraction of sp³-hybridized carbons (Fsp3) is 0.304. The van der Waals surface area contributed by atoms with E-state index >= 15 is 0 Å². The zero-order chi connectivity index (χ0) is 26.6. The summed E-state index contributed by atoms with van der Waals surface area (Å²) in [5.41, 5.74) is -0.765. The van der Waals surface area contributed by atoms with Crippen molar-refractivity contribution in [2.24, 2.45) is 0 Å². The molecule has 1 heterocycles. The van der Waals surface area contributed by atoms with Gasteiger partial charge in [0, 0.05) is 17.0 Å². The van der Waals surface area contributed by atoms with Gasteiger partial charge in [-0.3, -0.25) is 9.36 Å². The lowest BCUT2D eigenvalue weighted by Gasteiger charge is -2.16. The van der Waals surface area contributed by atoms with E-state index in [-0.39, 0.29) is 18.6 Å². The molecule has 0 amide bonds. The van der Waals surface area contributed by atoms with Crippen molar-refractivity contribution < 1.29 is 17.9 Å². The average Bonchev–Trinajstić information content (AvgIpc) is 2.75. The largest absolute Gasteiger partial charge is 0.489 e. The third-order valence-electron chi connectivity index (χ3n) is 4.71. The van der Waals surface area contributed by atoms with Gasteiger partial charge in [0.1, 0.15) is 11.5 Å². The number of ketones is 1. The molecule has 36 heavy (non-hydrogen) atoms. The lowest BCUT2D eigenvalue weighted by molar-refractivity contribution is -0.117. The summed E-state index contributed by atoms with van der Waals surface area (Å²) in [6, 6.07) is 11.5. The van der Waals surface area contributed by atoms with E-state index in [1.165, 1.54) is 0 Å². The molecule has 13 heteroatoms. The number of hydrogen-bond acceptors (Lipinski definition) is 8. The van der Waals surface area contributed by atoms with E-state index < -0.39 is 39.3 Å². The number of nitrogens with one attached hydrogen (secondary N) is 1. The average molecular weight is 555 g/mol. The molecule has 3 aromatic rings. The van der Waals surface area contributed by atoms with Crippen LogP contribution in [0.25, 0.3) is 0 Å². The molecular formula is C23H24Cl2N4O6S. The molecule has 0 fully saturated rings. The third kappa shape index (κ3) is 7.42. The van der Waals surface area contributed by atoms with Crippen molar-refractivity contribution in [1.29, 1.82) is 0 Å². The molecule has 3 rings (SSSR count). The lowest BCUT2D eigenvalue weighted by atomic mass is 10.2. The van der Waals surface area contributed by atoms with Crippen LogP contribution in [0.4, 0.5) is 11.6 Å². The Kier molecular flexibility index (Phi) is 8.59. The van der Waals surface area contributed by atoms with Gasteiger partial charge in [0.25, 0.3) is 0 Å². The van der Waals surface area contributed by atoms with Gasteiger partial charge in [-0.25, -0.2) is 22.6 Å². The van der Waals surface area contributed by atoms with Gasteiger partial charge in [-0.1, -0.05) is 35.3 Å². The number of anilines is 2. The summed E-state index contributed by atoms with van der Waals surface area (Å²) >= 11 is 12.3. The van der Waals surface area contributed by atoms with Crippen LogP contribution in [-0.4, -0.2) is 46.4 Å². The molecule has 0 saturated heterocycles. The molecule has 0 unspecified atom stereocenters. The van der Waals surface area contributed by atoms with Crippen LogP contribution in [0.3, 0.4) is 0 Å². The first-order chi connectivity index (χ1) is 16.8. The maximum Gasteiger partial charge on any atom is 0.355 e. The molecule has 0 aliphatic rings. The van der Waals surface area contributed by atoms with E-state index in [1.807, 2.05) is 13.8 Å². The molecule has 192 valence electrons. The molecule has 2 aromatic carbocycles. The predicted molar refractivity (Wildman–Crippen MR) is 139 cm³/mol. The second kappa shape index (κ2) is 11.3. The summed E-state index contributed by atoms with van der Waals surface area (Å²) in [4.78, 5) is 42.1. The Bertz CT molecular complexity index is 1500. The number of sulfone groups is 1. The zero-order valence-electron chi connectivity index (χ0n) is 19.7. The first-order valence-electron chi connectivity index (χ1n) is 10.7. The molecule has 0 aliphatic carbocycles. The normalized spacial score (nSPS) is 11.5. The number of rotatable bonds is 10. The highest BCUT2D eigenvalue weighted by atomic mass is 35.5. The second-order valence-corrected chi connectivity index (χ2v) is 11.3. The minimum absolute atomic E-state index is 0.0197. The molecule has 0 bridgehead atoms. The third-order valence-corrected chi connectivity index (χ3v) is 6.11. The Morgan fingerprint density at radius 3 is 2.33 bits per heavy atom. The summed E-state index contributed by atoms with van der Waals surface area (Å²) in [6.07, 6.45) is 0.797. The van der Waals surface area contributed by atoms with Crippen LogP contribution in [-0.2, 0) is 27.7 Å². The summed E-state index contributed by atoms with van der Waals surface area (Å²) in [5, 5.41) is 3.72. The second-order valence-electron chi connectivity index (χ2n) is 8.34. The molecule has 0 atom stereocenters. The molecule has 0 aliphatic heterocycles. The van der Waals surface area contributed by atoms with Gasteiger partial charge < -0.3 is 10.1 Å². The smallest absolute Gasteiger partial charge is 0.355 e. The molecule has 0 radical (unpaired) electrons. The van der Waals surface area contributed by atoms with E-state index in [9.17, 15) is 22.8 Å². The number of carbonyl (C=O) groups excluding carboxylic acids is 1. The number of carbonyl (C=O) groups is 1. The standard InChI is InChI=1S/C23H24Cl2N4O6S/c1-14(2)35-20-9-8-17(10-19(20)25)26-21-27-22(31)29(12-18(30)13-36(3,33)34)23(32)28(21)11-15-4-6-16(24)7-5-15/h4-10,14H,11-13H2,1-3H3,(H,26,27,31). The fourth-order valence-corrected chi connectivity index (χ4v) is 4.27. The number of nitrogens with zero attached hydrogens (tertiary/aromatic N) is 3. The number of Topliss-reactive ketones (excluding diaryl/α,β-unsaturated/α-hetero) is 1. The Balaban J connectivity index is 2.04. The van der Waals surface area contributed by atoms with Gasteiger partial charge in [-0.15, -0.1) is 0 Å². The highest BCUT2D eigenvalue weighted by Crippen LogP contribution is 2.29. The van der Waals surface area contributed by atoms with Gasteiger partial charge in [0.05, 0.1) is 24.2 Å². The minimum atomic E-state index is -3.64. The van der Waals surface area contributed by atoms with E-state index in [1.54, 1.807) is 42.5 Å². The van der Waals surface area contributed by atoms with E-state index in [4.69, 9.17) is 27.9 Å². The number of benzene rings is 2. The van der Waals surface area contributed by atoms with Crippen LogP contribution in [0, 0.1) is 0 Å². The number of ether oxygens (including phenoxy) is 1. The van der Waals surface area contributed by atoms with Gasteiger partial charge >= 0.3 is 11.4 Å². The van der Waals surface area contributed by atoms with Crippen LogP contribution in [0.1, 0.15) is 19.4 Å². The van der Waals surface area contributed by atoms with Crippen molar-refractivity contribution in [3.05, 3.63) is 79.0 Å². The van der Waals surface area contributed by atoms with Crippen LogP contribution < -0.4 is 21.4 Å². The van der Waals surface area contributed by atoms with Gasteiger partial charge in [0.15, 0.2) is 15.6 Å². The maximum atomic E-state index is 13.3. The zero-order valence-corrected chi connectivity index (χ0v) is 22.0. The fourth-order valence-electron chi connectivity index (χ4n) is 3.25.